The lowest BCUT2D eigenvalue weighted by Crippen LogP contribution is -2.34. The van der Waals surface area contributed by atoms with E-state index in [0.29, 0.717) is 5.92 Å². The first kappa shape index (κ1) is 23.2. The monoisotopic (exact) mass is 439 g/mol. The number of benzene rings is 2. The fourth-order valence-electron chi connectivity index (χ4n) is 4.43. The van der Waals surface area contributed by atoms with Gasteiger partial charge in [0.2, 0.25) is 0 Å². The standard InChI is InChI=1S/C29H33N3O/c1-21-7-5-8-25(17-21)27-18-30-22(2)31-28(27)26-9-6-16-32(20-26)19-24-12-10-23(11-13-24)14-15-29(3,4)33/h5,7-8,10-13,17-18,26,33H,6,9,16,19-20H2,1-4H3/t26-/m1/s1. The number of aliphatic hydroxyl groups is 1. The molecule has 0 amide bonds. The second kappa shape index (κ2) is 9.87. The van der Waals surface area contributed by atoms with Crippen LogP contribution in [0, 0.1) is 25.7 Å². The van der Waals surface area contributed by atoms with Gasteiger partial charge in [-0.05, 0) is 70.3 Å². The molecule has 4 rings (SSSR count). The number of piperidine rings is 1. The van der Waals surface area contributed by atoms with E-state index in [1.807, 2.05) is 25.3 Å². The third-order valence-corrected chi connectivity index (χ3v) is 6.03. The molecule has 0 bridgehead atoms. The molecule has 1 saturated heterocycles. The Morgan fingerprint density at radius 3 is 2.64 bits per heavy atom. The zero-order valence-corrected chi connectivity index (χ0v) is 20.1. The minimum atomic E-state index is -0.974. The first-order valence-electron chi connectivity index (χ1n) is 11.7. The van der Waals surface area contributed by atoms with Gasteiger partial charge >= 0.3 is 0 Å². The van der Waals surface area contributed by atoms with Crippen LogP contribution in [0.15, 0.2) is 54.7 Å². The Balaban J connectivity index is 1.50. The number of aryl methyl sites for hydroxylation is 2. The average molecular weight is 440 g/mol. The molecule has 2 aromatic carbocycles. The smallest absolute Gasteiger partial charge is 0.125 e. The molecule has 1 N–H and O–H groups in total. The lowest BCUT2D eigenvalue weighted by Gasteiger charge is -2.33. The molecule has 0 aliphatic carbocycles. The number of rotatable bonds is 4. The van der Waals surface area contributed by atoms with Gasteiger partial charge in [-0.15, -0.1) is 0 Å². The molecule has 0 spiro atoms. The Morgan fingerprint density at radius 2 is 1.91 bits per heavy atom. The van der Waals surface area contributed by atoms with Crippen LogP contribution in [0.1, 0.15) is 60.8 Å². The van der Waals surface area contributed by atoms with Gasteiger partial charge in [-0.25, -0.2) is 9.97 Å². The van der Waals surface area contributed by atoms with Gasteiger partial charge in [0, 0.05) is 36.3 Å². The third kappa shape index (κ3) is 6.28. The van der Waals surface area contributed by atoms with E-state index in [2.05, 4.69) is 65.0 Å². The number of likely N-dealkylation sites (tertiary alicyclic amines) is 1. The normalized spacial score (nSPS) is 16.8. The van der Waals surface area contributed by atoms with Crippen LogP contribution in [0.3, 0.4) is 0 Å². The summed E-state index contributed by atoms with van der Waals surface area (Å²) >= 11 is 0. The van der Waals surface area contributed by atoms with E-state index in [1.165, 1.54) is 22.4 Å². The fraction of sp³-hybridized carbons (Fsp3) is 0.379. The predicted octanol–water partition coefficient (Wildman–Crippen LogP) is 5.26. The van der Waals surface area contributed by atoms with Crippen molar-refractivity contribution in [3.63, 3.8) is 0 Å². The zero-order chi connectivity index (χ0) is 23.4. The van der Waals surface area contributed by atoms with Crippen LogP contribution in [0.5, 0.6) is 0 Å². The maximum Gasteiger partial charge on any atom is 0.125 e. The number of nitrogens with zero attached hydrogens (tertiary/aromatic N) is 3. The lowest BCUT2D eigenvalue weighted by atomic mass is 9.89. The molecular formula is C29H33N3O. The van der Waals surface area contributed by atoms with Gasteiger partial charge in [0.1, 0.15) is 11.4 Å². The number of aromatic nitrogens is 2. The molecule has 0 unspecified atom stereocenters. The quantitative estimate of drug-likeness (QED) is 0.563. The summed E-state index contributed by atoms with van der Waals surface area (Å²) in [5.74, 6) is 7.15. The molecule has 1 aliphatic heterocycles. The Labute approximate surface area is 197 Å². The second-order valence-corrected chi connectivity index (χ2v) is 9.67. The van der Waals surface area contributed by atoms with Gasteiger partial charge in [-0.3, -0.25) is 4.90 Å². The molecule has 170 valence electrons. The topological polar surface area (TPSA) is 49.2 Å². The van der Waals surface area contributed by atoms with Gasteiger partial charge in [0.05, 0.1) is 5.69 Å². The van der Waals surface area contributed by atoms with Crippen molar-refractivity contribution in [3.05, 3.63) is 82.9 Å². The molecule has 33 heavy (non-hydrogen) atoms. The zero-order valence-electron chi connectivity index (χ0n) is 20.1. The average Bonchev–Trinajstić information content (AvgIpc) is 2.78. The molecule has 1 aromatic heterocycles. The highest BCUT2D eigenvalue weighted by molar-refractivity contribution is 5.66. The van der Waals surface area contributed by atoms with E-state index in [-0.39, 0.29) is 0 Å². The van der Waals surface area contributed by atoms with Gasteiger partial charge in [0.15, 0.2) is 0 Å². The molecule has 1 fully saturated rings. The van der Waals surface area contributed by atoms with Crippen LogP contribution < -0.4 is 0 Å². The molecule has 2 heterocycles. The minimum absolute atomic E-state index is 0.396. The Morgan fingerprint density at radius 1 is 1.12 bits per heavy atom. The summed E-state index contributed by atoms with van der Waals surface area (Å²) in [6.07, 6.45) is 4.31. The highest BCUT2D eigenvalue weighted by Crippen LogP contribution is 2.33. The summed E-state index contributed by atoms with van der Waals surface area (Å²) in [4.78, 5) is 12.0. The molecule has 0 saturated carbocycles. The first-order chi connectivity index (χ1) is 15.8. The van der Waals surface area contributed by atoms with Crippen molar-refractivity contribution in [2.24, 2.45) is 0 Å². The lowest BCUT2D eigenvalue weighted by molar-refractivity contribution is 0.143. The maximum atomic E-state index is 9.80. The van der Waals surface area contributed by atoms with Crippen molar-refractivity contribution >= 4 is 0 Å². The number of hydrogen-bond donors (Lipinski definition) is 1. The van der Waals surface area contributed by atoms with Crippen molar-refractivity contribution in [1.29, 1.82) is 0 Å². The molecule has 0 radical (unpaired) electrons. The molecule has 3 aromatic rings. The van der Waals surface area contributed by atoms with Crippen LogP contribution in [0.4, 0.5) is 0 Å². The highest BCUT2D eigenvalue weighted by atomic mass is 16.3. The molecule has 1 aliphatic rings. The molecule has 1 atom stereocenters. The van der Waals surface area contributed by atoms with E-state index < -0.39 is 5.60 Å². The molecule has 4 heteroatoms. The van der Waals surface area contributed by atoms with E-state index in [0.717, 1.165) is 49.4 Å². The first-order valence-corrected chi connectivity index (χ1v) is 11.7. The van der Waals surface area contributed by atoms with Crippen LogP contribution >= 0.6 is 0 Å². The summed E-state index contributed by atoms with van der Waals surface area (Å²) in [7, 11) is 0. The maximum absolute atomic E-state index is 9.80. The van der Waals surface area contributed by atoms with Crippen molar-refractivity contribution in [1.82, 2.24) is 14.9 Å². The van der Waals surface area contributed by atoms with Gasteiger partial charge in [-0.2, -0.15) is 0 Å². The fourth-order valence-corrected chi connectivity index (χ4v) is 4.43. The van der Waals surface area contributed by atoms with Crippen molar-refractivity contribution < 1.29 is 5.11 Å². The van der Waals surface area contributed by atoms with Crippen molar-refractivity contribution in [3.8, 4) is 23.0 Å². The summed E-state index contributed by atoms with van der Waals surface area (Å²) in [5, 5.41) is 9.80. The van der Waals surface area contributed by atoms with Crippen LogP contribution in [0.25, 0.3) is 11.1 Å². The molecule has 4 nitrogen and oxygen atoms in total. The Hall–Kier alpha value is -3.00. The van der Waals surface area contributed by atoms with Crippen LogP contribution in [-0.4, -0.2) is 38.7 Å². The minimum Gasteiger partial charge on any atom is -0.378 e. The summed E-state index contributed by atoms with van der Waals surface area (Å²) in [5.41, 5.74) is 6.02. The summed E-state index contributed by atoms with van der Waals surface area (Å²) in [6, 6.07) is 17.0. The Bertz CT molecular complexity index is 1170. The molecular weight excluding hydrogens is 406 g/mol. The van der Waals surface area contributed by atoms with E-state index in [9.17, 15) is 5.11 Å². The van der Waals surface area contributed by atoms with E-state index >= 15 is 0 Å². The van der Waals surface area contributed by atoms with Crippen LogP contribution in [-0.2, 0) is 6.54 Å². The van der Waals surface area contributed by atoms with Crippen molar-refractivity contribution in [2.75, 3.05) is 13.1 Å². The summed E-state index contributed by atoms with van der Waals surface area (Å²) in [6.45, 7) is 10.5. The van der Waals surface area contributed by atoms with Gasteiger partial charge in [0.25, 0.3) is 0 Å². The highest BCUT2D eigenvalue weighted by Gasteiger charge is 2.25. The van der Waals surface area contributed by atoms with Gasteiger partial charge < -0.3 is 5.11 Å². The number of hydrogen-bond acceptors (Lipinski definition) is 4. The van der Waals surface area contributed by atoms with Crippen molar-refractivity contribution in [2.45, 2.75) is 58.6 Å². The van der Waals surface area contributed by atoms with Crippen LogP contribution in [0.2, 0.25) is 0 Å². The predicted molar refractivity (Wildman–Crippen MR) is 134 cm³/mol. The van der Waals surface area contributed by atoms with E-state index in [4.69, 9.17) is 4.98 Å². The summed E-state index contributed by atoms with van der Waals surface area (Å²) < 4.78 is 0. The largest absolute Gasteiger partial charge is 0.378 e. The third-order valence-electron chi connectivity index (χ3n) is 6.03. The SMILES string of the molecule is Cc1cccc(-c2cnc(C)nc2[C@@H]2CCCN(Cc3ccc(C#CC(C)(C)O)cc3)C2)c1. The second-order valence-electron chi connectivity index (χ2n) is 9.67. The van der Waals surface area contributed by atoms with Gasteiger partial charge in [-0.1, -0.05) is 53.8 Å². The Kier molecular flexibility index (Phi) is 6.93. The van der Waals surface area contributed by atoms with E-state index in [1.54, 1.807) is 13.8 Å².